The van der Waals surface area contributed by atoms with Crippen LogP contribution in [0.15, 0.2) is 30.6 Å². The molecule has 0 bridgehead atoms. The zero-order valence-corrected chi connectivity index (χ0v) is 14.9. The van der Waals surface area contributed by atoms with E-state index in [0.717, 1.165) is 45.0 Å². The van der Waals surface area contributed by atoms with Gasteiger partial charge in [0.1, 0.15) is 17.3 Å². The molecule has 0 aliphatic carbocycles. The second-order valence-electron chi connectivity index (χ2n) is 6.10. The summed E-state index contributed by atoms with van der Waals surface area (Å²) in [4.78, 5) is 27.3. The minimum absolute atomic E-state index is 0.219. The van der Waals surface area contributed by atoms with Crippen molar-refractivity contribution in [2.24, 2.45) is 0 Å². The molecule has 26 heavy (non-hydrogen) atoms. The van der Waals surface area contributed by atoms with Crippen molar-refractivity contribution in [1.29, 1.82) is 0 Å². The summed E-state index contributed by atoms with van der Waals surface area (Å²) in [6.45, 7) is 7.37. The van der Waals surface area contributed by atoms with Gasteiger partial charge in [0.2, 0.25) is 0 Å². The highest BCUT2D eigenvalue weighted by molar-refractivity contribution is 5.92. The van der Waals surface area contributed by atoms with Gasteiger partial charge < -0.3 is 15.4 Å². The van der Waals surface area contributed by atoms with Crippen LogP contribution in [-0.4, -0.2) is 65.2 Å². The monoisotopic (exact) mass is 356 g/mol. The third-order valence-corrected chi connectivity index (χ3v) is 4.11. The smallest absolute Gasteiger partial charge is 0.270 e. The fourth-order valence-corrected chi connectivity index (χ4v) is 2.71. The van der Waals surface area contributed by atoms with Crippen LogP contribution >= 0.6 is 0 Å². The summed E-state index contributed by atoms with van der Waals surface area (Å²) in [6, 6.07) is 5.42. The molecule has 8 heteroatoms. The van der Waals surface area contributed by atoms with Gasteiger partial charge in [0.25, 0.3) is 5.91 Å². The number of nitrogens with zero attached hydrogens (tertiary/aromatic N) is 4. The maximum absolute atomic E-state index is 12.4. The number of rotatable bonds is 7. The molecule has 2 aromatic heterocycles. The summed E-state index contributed by atoms with van der Waals surface area (Å²) in [5.41, 5.74) is 1.35. The van der Waals surface area contributed by atoms with Gasteiger partial charge in [-0.25, -0.2) is 9.97 Å². The molecule has 0 radical (unpaired) electrons. The quantitative estimate of drug-likeness (QED) is 0.760. The Kier molecular flexibility index (Phi) is 6.45. The first-order chi connectivity index (χ1) is 12.7. The fourth-order valence-electron chi connectivity index (χ4n) is 2.71. The van der Waals surface area contributed by atoms with Gasteiger partial charge in [0.15, 0.2) is 0 Å². The second kappa shape index (κ2) is 9.21. The van der Waals surface area contributed by atoms with Crippen molar-refractivity contribution in [1.82, 2.24) is 25.2 Å². The van der Waals surface area contributed by atoms with Gasteiger partial charge in [-0.1, -0.05) is 0 Å². The standard InChI is InChI=1S/C18H24N6O2/c1-14-22-16(18(25)21-13-15-2-4-19-5-3-15)12-17(23-14)20-6-7-24-8-10-26-11-9-24/h2-5,12H,6-11,13H2,1H3,(H,21,25)(H,20,22,23). The lowest BCUT2D eigenvalue weighted by Gasteiger charge is -2.26. The number of pyridine rings is 1. The van der Waals surface area contributed by atoms with E-state index in [0.29, 0.717) is 23.9 Å². The van der Waals surface area contributed by atoms with Crippen LogP contribution in [0.2, 0.25) is 0 Å². The Balaban J connectivity index is 1.53. The first-order valence-electron chi connectivity index (χ1n) is 8.77. The summed E-state index contributed by atoms with van der Waals surface area (Å²) >= 11 is 0. The molecular formula is C18H24N6O2. The molecule has 2 N–H and O–H groups in total. The third kappa shape index (κ3) is 5.47. The van der Waals surface area contributed by atoms with E-state index in [-0.39, 0.29) is 5.91 Å². The molecule has 138 valence electrons. The zero-order chi connectivity index (χ0) is 18.2. The molecule has 1 saturated heterocycles. The van der Waals surface area contributed by atoms with Crippen LogP contribution in [0.5, 0.6) is 0 Å². The number of carbonyl (C=O) groups is 1. The Morgan fingerprint density at radius 3 is 2.77 bits per heavy atom. The van der Waals surface area contributed by atoms with E-state index in [2.05, 4.69) is 30.5 Å². The SMILES string of the molecule is Cc1nc(NCCN2CCOCC2)cc(C(=O)NCc2ccncc2)n1. The van der Waals surface area contributed by atoms with Crippen molar-refractivity contribution in [3.63, 3.8) is 0 Å². The number of ether oxygens (including phenoxy) is 1. The van der Waals surface area contributed by atoms with Crippen LogP contribution in [0, 0.1) is 6.92 Å². The topological polar surface area (TPSA) is 92.3 Å². The number of morpholine rings is 1. The van der Waals surface area contributed by atoms with E-state index in [9.17, 15) is 4.79 Å². The van der Waals surface area contributed by atoms with Crippen molar-refractivity contribution >= 4 is 11.7 Å². The molecule has 2 aromatic rings. The first-order valence-corrected chi connectivity index (χ1v) is 8.77. The number of hydrogen-bond acceptors (Lipinski definition) is 7. The highest BCUT2D eigenvalue weighted by Crippen LogP contribution is 2.07. The van der Waals surface area contributed by atoms with Crippen molar-refractivity contribution < 1.29 is 9.53 Å². The summed E-state index contributed by atoms with van der Waals surface area (Å²) in [5.74, 6) is 1.01. The molecule has 8 nitrogen and oxygen atoms in total. The number of anilines is 1. The van der Waals surface area contributed by atoms with Crippen LogP contribution < -0.4 is 10.6 Å². The fraction of sp³-hybridized carbons (Fsp3) is 0.444. The van der Waals surface area contributed by atoms with Gasteiger partial charge in [0.05, 0.1) is 13.2 Å². The van der Waals surface area contributed by atoms with Crippen molar-refractivity contribution in [3.05, 3.63) is 47.7 Å². The Hall–Kier alpha value is -2.58. The number of aromatic nitrogens is 3. The normalized spacial score (nSPS) is 14.8. The van der Waals surface area contributed by atoms with Crippen LogP contribution in [0.1, 0.15) is 21.9 Å². The number of aryl methyl sites for hydroxylation is 1. The van der Waals surface area contributed by atoms with Gasteiger partial charge in [0, 0.05) is 51.2 Å². The summed E-state index contributed by atoms with van der Waals surface area (Å²) in [5, 5.41) is 6.15. The molecular weight excluding hydrogens is 332 g/mol. The predicted molar refractivity (Wildman–Crippen MR) is 97.9 cm³/mol. The lowest BCUT2D eigenvalue weighted by atomic mass is 10.2. The molecule has 0 unspecified atom stereocenters. The molecule has 0 aromatic carbocycles. The number of hydrogen-bond donors (Lipinski definition) is 2. The Bertz CT molecular complexity index is 719. The van der Waals surface area contributed by atoms with Crippen LogP contribution in [0.25, 0.3) is 0 Å². The summed E-state index contributed by atoms with van der Waals surface area (Å²) < 4.78 is 5.35. The average Bonchev–Trinajstić information content (AvgIpc) is 2.67. The number of nitrogens with one attached hydrogen (secondary N) is 2. The highest BCUT2D eigenvalue weighted by atomic mass is 16.5. The van der Waals surface area contributed by atoms with Crippen molar-refractivity contribution in [3.8, 4) is 0 Å². The molecule has 1 aliphatic rings. The van der Waals surface area contributed by atoms with Gasteiger partial charge in [-0.05, 0) is 24.6 Å². The average molecular weight is 356 g/mol. The Morgan fingerprint density at radius 2 is 2.00 bits per heavy atom. The van der Waals surface area contributed by atoms with E-state index < -0.39 is 0 Å². The molecule has 1 fully saturated rings. The second-order valence-corrected chi connectivity index (χ2v) is 6.10. The lowest BCUT2D eigenvalue weighted by Crippen LogP contribution is -2.39. The largest absolute Gasteiger partial charge is 0.379 e. The van der Waals surface area contributed by atoms with E-state index in [4.69, 9.17) is 4.74 Å². The molecule has 1 aliphatic heterocycles. The van der Waals surface area contributed by atoms with E-state index in [1.807, 2.05) is 12.1 Å². The predicted octanol–water partition coefficient (Wildman–Crippen LogP) is 0.854. The van der Waals surface area contributed by atoms with Crippen LogP contribution in [0.3, 0.4) is 0 Å². The zero-order valence-electron chi connectivity index (χ0n) is 14.9. The van der Waals surface area contributed by atoms with Gasteiger partial charge in [-0.2, -0.15) is 0 Å². The molecule has 0 spiro atoms. The first kappa shape index (κ1) is 18.2. The number of amides is 1. The Morgan fingerprint density at radius 1 is 1.23 bits per heavy atom. The van der Waals surface area contributed by atoms with Crippen LogP contribution in [-0.2, 0) is 11.3 Å². The van der Waals surface area contributed by atoms with Gasteiger partial charge >= 0.3 is 0 Å². The van der Waals surface area contributed by atoms with Crippen molar-refractivity contribution in [2.45, 2.75) is 13.5 Å². The summed E-state index contributed by atoms with van der Waals surface area (Å²) in [7, 11) is 0. The van der Waals surface area contributed by atoms with E-state index in [1.54, 1.807) is 25.4 Å². The molecule has 0 atom stereocenters. The van der Waals surface area contributed by atoms with Crippen LogP contribution in [0.4, 0.5) is 5.82 Å². The van der Waals surface area contributed by atoms with E-state index in [1.165, 1.54) is 0 Å². The third-order valence-electron chi connectivity index (χ3n) is 4.11. The lowest BCUT2D eigenvalue weighted by molar-refractivity contribution is 0.0398. The molecule has 1 amide bonds. The molecule has 0 saturated carbocycles. The van der Waals surface area contributed by atoms with Gasteiger partial charge in [-0.3, -0.25) is 14.7 Å². The maximum Gasteiger partial charge on any atom is 0.270 e. The minimum Gasteiger partial charge on any atom is -0.379 e. The minimum atomic E-state index is -0.219. The van der Waals surface area contributed by atoms with Gasteiger partial charge in [-0.15, -0.1) is 0 Å². The van der Waals surface area contributed by atoms with Crippen molar-refractivity contribution in [2.75, 3.05) is 44.7 Å². The summed E-state index contributed by atoms with van der Waals surface area (Å²) in [6.07, 6.45) is 3.40. The molecule has 3 rings (SSSR count). The highest BCUT2D eigenvalue weighted by Gasteiger charge is 2.12. The number of carbonyl (C=O) groups excluding carboxylic acids is 1. The Labute approximate surface area is 153 Å². The van der Waals surface area contributed by atoms with E-state index >= 15 is 0 Å². The molecule has 3 heterocycles. The maximum atomic E-state index is 12.4.